The van der Waals surface area contributed by atoms with Crippen LogP contribution in [0, 0.1) is 0 Å². The van der Waals surface area contributed by atoms with Crippen molar-refractivity contribution in [3.8, 4) is 28.4 Å². The maximum Gasteiger partial charge on any atom is 0.450 e. The third-order valence-electron chi connectivity index (χ3n) is 5.50. The molecule has 1 heterocycles. The molecule has 0 saturated carbocycles. The Balaban J connectivity index is 2.30. The number of halogens is 3. The van der Waals surface area contributed by atoms with E-state index in [1.807, 2.05) is 14.0 Å². The molecule has 0 fully saturated rings. The lowest BCUT2D eigenvalue weighted by Gasteiger charge is -2.18. The van der Waals surface area contributed by atoms with Gasteiger partial charge in [0.05, 0.1) is 44.3 Å². The summed E-state index contributed by atoms with van der Waals surface area (Å²) >= 11 is 0. The molecule has 1 unspecified atom stereocenters. The van der Waals surface area contributed by atoms with Gasteiger partial charge >= 0.3 is 6.18 Å². The molecule has 0 spiro atoms. The van der Waals surface area contributed by atoms with Gasteiger partial charge in [-0.3, -0.25) is 4.79 Å². The van der Waals surface area contributed by atoms with Gasteiger partial charge in [0.2, 0.25) is 11.2 Å². The van der Waals surface area contributed by atoms with E-state index in [0.29, 0.717) is 5.75 Å². The Labute approximate surface area is 189 Å². The third kappa shape index (κ3) is 4.93. The molecule has 6 nitrogen and oxygen atoms in total. The molecule has 0 bridgehead atoms. The molecule has 2 aromatic carbocycles. The van der Waals surface area contributed by atoms with Crippen molar-refractivity contribution in [2.75, 3.05) is 27.8 Å². The molecule has 1 aromatic heterocycles. The first kappa shape index (κ1) is 24.4. The maximum atomic E-state index is 14.1. The Hall–Kier alpha value is -3.20. The van der Waals surface area contributed by atoms with E-state index in [2.05, 4.69) is 0 Å². The van der Waals surface area contributed by atoms with Crippen molar-refractivity contribution in [3.05, 3.63) is 51.9 Å². The first-order valence-corrected chi connectivity index (χ1v) is 10.5. The van der Waals surface area contributed by atoms with Gasteiger partial charge < -0.3 is 23.9 Å². The number of alkyl halides is 3. The minimum absolute atomic E-state index is 0.0176. The van der Waals surface area contributed by atoms with Crippen LogP contribution in [0.5, 0.6) is 17.2 Å². The lowest BCUT2D eigenvalue weighted by molar-refractivity contribution is -0.893. The molecule has 2 N–H and O–H groups in total. The van der Waals surface area contributed by atoms with Crippen LogP contribution in [0.15, 0.2) is 39.5 Å². The van der Waals surface area contributed by atoms with Crippen molar-refractivity contribution in [2.45, 2.75) is 32.5 Å². The molecule has 0 aliphatic heterocycles. The Kier molecular flexibility index (Phi) is 7.22. The number of quaternary nitrogens is 1. The number of unbranched alkanes of at least 4 members (excludes halogenated alkanes) is 1. The van der Waals surface area contributed by atoms with Crippen molar-refractivity contribution >= 4 is 11.0 Å². The zero-order valence-corrected chi connectivity index (χ0v) is 18.9. The standard InChI is InChI=1S/C24H26F3NO5/c1-5-6-11-28(2)13-16-17(29)9-8-15-21(30)20(23(24(25,26)27)33-22(15)16)14-7-10-18(31-3)19(12-14)32-4/h7-10,12,29H,5-6,11,13H2,1-4H3/p+1. The molecule has 178 valence electrons. The summed E-state index contributed by atoms with van der Waals surface area (Å²) in [5.41, 5.74) is -1.58. The predicted octanol–water partition coefficient (Wildman–Crippen LogP) is 4.02. The molecule has 33 heavy (non-hydrogen) atoms. The van der Waals surface area contributed by atoms with E-state index in [-0.39, 0.29) is 40.1 Å². The highest BCUT2D eigenvalue weighted by molar-refractivity contribution is 5.87. The molecule has 0 aliphatic rings. The first-order chi connectivity index (χ1) is 15.6. The van der Waals surface area contributed by atoms with E-state index in [0.717, 1.165) is 24.3 Å². The van der Waals surface area contributed by atoms with Crippen molar-refractivity contribution in [1.29, 1.82) is 0 Å². The van der Waals surface area contributed by atoms with Gasteiger partial charge in [-0.2, -0.15) is 13.2 Å². The number of nitrogens with one attached hydrogen (secondary N) is 1. The van der Waals surface area contributed by atoms with E-state index in [1.54, 1.807) is 0 Å². The monoisotopic (exact) mass is 466 g/mol. The highest BCUT2D eigenvalue weighted by Crippen LogP contribution is 2.40. The fourth-order valence-electron chi connectivity index (χ4n) is 3.80. The second kappa shape index (κ2) is 9.74. The number of benzene rings is 2. The number of hydrogen-bond donors (Lipinski definition) is 2. The van der Waals surface area contributed by atoms with Gasteiger partial charge in [0.1, 0.15) is 12.3 Å². The Morgan fingerprint density at radius 3 is 2.39 bits per heavy atom. The van der Waals surface area contributed by atoms with Gasteiger partial charge in [-0.15, -0.1) is 0 Å². The largest absolute Gasteiger partial charge is 0.507 e. The summed E-state index contributed by atoms with van der Waals surface area (Å²) in [6.07, 6.45) is -3.07. The highest BCUT2D eigenvalue weighted by Gasteiger charge is 2.40. The average Bonchev–Trinajstić information content (AvgIpc) is 2.78. The van der Waals surface area contributed by atoms with Crippen molar-refractivity contribution in [2.24, 2.45) is 0 Å². The van der Waals surface area contributed by atoms with Crippen LogP contribution < -0.4 is 19.8 Å². The molecule has 0 amide bonds. The summed E-state index contributed by atoms with van der Waals surface area (Å²) in [4.78, 5) is 14.3. The number of rotatable bonds is 8. The van der Waals surface area contributed by atoms with Gasteiger partial charge in [0.25, 0.3) is 0 Å². The van der Waals surface area contributed by atoms with Crippen molar-refractivity contribution in [3.63, 3.8) is 0 Å². The molecule has 3 aromatic rings. The SMILES string of the molecule is CCCC[NH+](C)Cc1c(O)ccc2c(=O)c(-c3ccc(OC)c(OC)c3)c(C(F)(F)F)oc12. The van der Waals surface area contributed by atoms with E-state index >= 15 is 0 Å². The highest BCUT2D eigenvalue weighted by atomic mass is 19.4. The van der Waals surface area contributed by atoms with E-state index in [1.165, 1.54) is 44.6 Å². The summed E-state index contributed by atoms with van der Waals surface area (Å²) in [7, 11) is 4.62. The van der Waals surface area contributed by atoms with Crippen LogP contribution in [0.1, 0.15) is 31.1 Å². The normalized spacial score (nSPS) is 12.7. The van der Waals surface area contributed by atoms with Gasteiger partial charge in [-0.1, -0.05) is 19.4 Å². The molecule has 0 aliphatic carbocycles. The number of methoxy groups -OCH3 is 2. The Bertz CT molecular complexity index is 1200. The number of phenolic OH excluding ortho intramolecular Hbond substituents is 1. The molecule has 9 heteroatoms. The van der Waals surface area contributed by atoms with Crippen LogP contribution in [0.25, 0.3) is 22.1 Å². The van der Waals surface area contributed by atoms with Crippen LogP contribution in [0.4, 0.5) is 13.2 Å². The van der Waals surface area contributed by atoms with Crippen LogP contribution in [-0.4, -0.2) is 32.9 Å². The Morgan fingerprint density at radius 2 is 1.79 bits per heavy atom. The van der Waals surface area contributed by atoms with E-state index < -0.39 is 22.9 Å². The lowest BCUT2D eigenvalue weighted by Crippen LogP contribution is -3.07. The minimum atomic E-state index is -4.94. The molecular weight excluding hydrogens is 439 g/mol. The minimum Gasteiger partial charge on any atom is -0.507 e. The quantitative estimate of drug-likeness (QED) is 0.525. The maximum absolute atomic E-state index is 14.1. The van der Waals surface area contributed by atoms with Gasteiger partial charge in [-0.25, -0.2) is 0 Å². The fraction of sp³-hybridized carbons (Fsp3) is 0.375. The number of fused-ring (bicyclic) bond motifs is 1. The molecule has 0 saturated heterocycles. The van der Waals surface area contributed by atoms with Crippen LogP contribution >= 0.6 is 0 Å². The van der Waals surface area contributed by atoms with Gasteiger partial charge in [0.15, 0.2) is 17.1 Å². The van der Waals surface area contributed by atoms with Crippen molar-refractivity contribution < 1.29 is 37.1 Å². The number of hydrogen-bond acceptors (Lipinski definition) is 5. The number of aromatic hydroxyl groups is 1. The number of ether oxygens (including phenoxy) is 2. The second-order valence-corrected chi connectivity index (χ2v) is 7.88. The van der Waals surface area contributed by atoms with Crippen molar-refractivity contribution in [1.82, 2.24) is 0 Å². The van der Waals surface area contributed by atoms with Crippen LogP contribution in [0.2, 0.25) is 0 Å². The predicted molar refractivity (Wildman–Crippen MR) is 118 cm³/mol. The van der Waals surface area contributed by atoms with Crippen LogP contribution in [-0.2, 0) is 12.7 Å². The fourth-order valence-corrected chi connectivity index (χ4v) is 3.80. The average molecular weight is 466 g/mol. The lowest BCUT2D eigenvalue weighted by atomic mass is 9.99. The summed E-state index contributed by atoms with van der Waals surface area (Å²) in [6.45, 7) is 3.00. The first-order valence-electron chi connectivity index (χ1n) is 10.5. The number of phenols is 1. The summed E-state index contributed by atoms with van der Waals surface area (Å²) in [5.74, 6) is -1.15. The summed E-state index contributed by atoms with van der Waals surface area (Å²) in [6, 6.07) is 6.67. The van der Waals surface area contributed by atoms with E-state index in [4.69, 9.17) is 13.9 Å². The summed E-state index contributed by atoms with van der Waals surface area (Å²) < 4.78 is 57.9. The smallest absolute Gasteiger partial charge is 0.450 e. The summed E-state index contributed by atoms with van der Waals surface area (Å²) in [5, 5.41) is 10.4. The second-order valence-electron chi connectivity index (χ2n) is 7.88. The van der Waals surface area contributed by atoms with Gasteiger partial charge in [-0.05, 0) is 36.2 Å². The molecule has 1 atom stereocenters. The third-order valence-corrected chi connectivity index (χ3v) is 5.50. The van der Waals surface area contributed by atoms with Gasteiger partial charge in [0, 0.05) is 0 Å². The zero-order valence-electron chi connectivity index (χ0n) is 18.9. The molecule has 3 rings (SSSR count). The molecular formula is C24H27F3NO5+. The zero-order chi connectivity index (χ0) is 24.3. The van der Waals surface area contributed by atoms with Crippen LogP contribution in [0.3, 0.4) is 0 Å². The molecule has 0 radical (unpaired) electrons. The topological polar surface area (TPSA) is 73.3 Å². The Morgan fingerprint density at radius 1 is 1.09 bits per heavy atom. The van der Waals surface area contributed by atoms with E-state index in [9.17, 15) is 23.1 Å².